The molecule has 0 saturated heterocycles. The van der Waals surface area contributed by atoms with Crippen LogP contribution in [0.2, 0.25) is 0 Å². The second-order valence-corrected chi connectivity index (χ2v) is 7.07. The van der Waals surface area contributed by atoms with Gasteiger partial charge in [-0.25, -0.2) is 4.39 Å². The molecule has 2 aromatic carbocycles. The van der Waals surface area contributed by atoms with Crippen LogP contribution < -0.4 is 0 Å². The van der Waals surface area contributed by atoms with E-state index in [1.807, 2.05) is 30.3 Å². The van der Waals surface area contributed by atoms with Gasteiger partial charge in [0.05, 0.1) is 0 Å². The lowest BCUT2D eigenvalue weighted by Crippen LogP contribution is -1.99. The second-order valence-electron chi connectivity index (χ2n) is 7.07. The van der Waals surface area contributed by atoms with Crippen LogP contribution in [0.25, 0.3) is 5.57 Å². The molecule has 0 aliphatic rings. The van der Waals surface area contributed by atoms with Crippen LogP contribution in [-0.4, -0.2) is 5.78 Å². The second kappa shape index (κ2) is 9.47. The van der Waals surface area contributed by atoms with Crippen molar-refractivity contribution >= 4 is 11.4 Å². The molecule has 0 atom stereocenters. The molecule has 2 aromatic rings. The van der Waals surface area contributed by atoms with E-state index in [2.05, 4.69) is 20.8 Å². The van der Waals surface area contributed by atoms with E-state index in [1.165, 1.54) is 34.4 Å². The molecule has 26 heavy (non-hydrogen) atoms. The smallest absolute Gasteiger partial charge is 0.159 e. The van der Waals surface area contributed by atoms with E-state index in [0.717, 1.165) is 43.2 Å². The van der Waals surface area contributed by atoms with Crippen LogP contribution in [0.4, 0.5) is 4.39 Å². The summed E-state index contributed by atoms with van der Waals surface area (Å²) in [6.07, 6.45) is 5.07. The molecule has 138 valence electrons. The Bertz CT molecular complexity index is 784. The number of ketones is 1. The van der Waals surface area contributed by atoms with Crippen LogP contribution in [0.1, 0.15) is 73.5 Å². The van der Waals surface area contributed by atoms with Gasteiger partial charge in [-0.1, -0.05) is 43.2 Å². The maximum Gasteiger partial charge on any atom is 0.159 e. The Morgan fingerprint density at radius 2 is 1.69 bits per heavy atom. The fraction of sp³-hybridized carbons (Fsp3) is 0.375. The van der Waals surface area contributed by atoms with Crippen LogP contribution >= 0.6 is 0 Å². The van der Waals surface area contributed by atoms with E-state index in [1.54, 1.807) is 6.92 Å². The summed E-state index contributed by atoms with van der Waals surface area (Å²) in [6.45, 7) is 8.12. The van der Waals surface area contributed by atoms with Gasteiger partial charge in [0.25, 0.3) is 0 Å². The number of hydrogen-bond acceptors (Lipinski definition) is 1. The number of Topliss-reactive ketones (excluding diaryl/α,β-unsaturated/α-hetero) is 1. The molecule has 2 heteroatoms. The number of aryl methyl sites for hydroxylation is 2. The summed E-state index contributed by atoms with van der Waals surface area (Å²) in [4.78, 5) is 11.8. The van der Waals surface area contributed by atoms with E-state index in [4.69, 9.17) is 0 Å². The van der Waals surface area contributed by atoms with E-state index in [-0.39, 0.29) is 11.6 Å². The molecule has 0 bridgehead atoms. The molecule has 0 N–H and O–H groups in total. The summed E-state index contributed by atoms with van der Waals surface area (Å²) in [7, 11) is 0. The third kappa shape index (κ3) is 5.39. The molecule has 0 aliphatic carbocycles. The Morgan fingerprint density at radius 3 is 2.31 bits per heavy atom. The van der Waals surface area contributed by atoms with Crippen LogP contribution in [0, 0.1) is 12.7 Å². The number of halogens is 1. The minimum Gasteiger partial charge on any atom is -0.295 e. The summed E-state index contributed by atoms with van der Waals surface area (Å²) in [5, 5.41) is 0. The monoisotopic (exact) mass is 352 g/mol. The largest absolute Gasteiger partial charge is 0.295 e. The highest BCUT2D eigenvalue weighted by atomic mass is 19.1. The number of rotatable bonds is 8. The maximum absolute atomic E-state index is 13.1. The zero-order valence-electron chi connectivity index (χ0n) is 16.4. The Kier molecular flexibility index (Phi) is 7.32. The highest BCUT2D eigenvalue weighted by Crippen LogP contribution is 2.30. The Labute approximate surface area is 157 Å². The fourth-order valence-electron chi connectivity index (χ4n) is 3.39. The van der Waals surface area contributed by atoms with E-state index in [0.29, 0.717) is 0 Å². The average molecular weight is 352 g/mol. The van der Waals surface area contributed by atoms with Crippen molar-refractivity contribution in [2.24, 2.45) is 0 Å². The zero-order valence-corrected chi connectivity index (χ0v) is 16.4. The van der Waals surface area contributed by atoms with Crippen molar-refractivity contribution in [3.05, 3.63) is 76.1 Å². The van der Waals surface area contributed by atoms with Gasteiger partial charge in [0.15, 0.2) is 5.78 Å². The SMILES string of the molecule is CCC/C(C)=C(\CCCc1ccc(F)cc1)c1cc(C(C)=O)ccc1C. The maximum atomic E-state index is 13.1. The minimum absolute atomic E-state index is 0.102. The molecule has 2 rings (SSSR count). The van der Waals surface area contributed by atoms with Gasteiger partial charge in [-0.2, -0.15) is 0 Å². The predicted octanol–water partition coefficient (Wildman–Crippen LogP) is 6.93. The molecule has 0 heterocycles. The molecule has 0 fully saturated rings. The van der Waals surface area contributed by atoms with E-state index in [9.17, 15) is 9.18 Å². The highest BCUT2D eigenvalue weighted by Gasteiger charge is 2.11. The predicted molar refractivity (Wildman–Crippen MR) is 108 cm³/mol. The molecule has 0 amide bonds. The van der Waals surface area contributed by atoms with E-state index >= 15 is 0 Å². The number of carbonyl (C=O) groups excluding carboxylic acids is 1. The van der Waals surface area contributed by atoms with Crippen molar-refractivity contribution in [2.75, 3.05) is 0 Å². The third-order valence-electron chi connectivity index (χ3n) is 4.91. The summed E-state index contributed by atoms with van der Waals surface area (Å²) >= 11 is 0. The Morgan fingerprint density at radius 1 is 1.00 bits per heavy atom. The number of benzene rings is 2. The first-order chi connectivity index (χ1) is 12.4. The topological polar surface area (TPSA) is 17.1 Å². The summed E-state index contributed by atoms with van der Waals surface area (Å²) < 4.78 is 13.1. The van der Waals surface area contributed by atoms with Gasteiger partial charge >= 0.3 is 0 Å². The molecule has 0 radical (unpaired) electrons. The lowest BCUT2D eigenvalue weighted by Gasteiger charge is -2.16. The summed E-state index contributed by atoms with van der Waals surface area (Å²) in [5.74, 6) is -0.0881. The van der Waals surface area contributed by atoms with Crippen molar-refractivity contribution in [1.29, 1.82) is 0 Å². The lowest BCUT2D eigenvalue weighted by molar-refractivity contribution is 0.101. The number of allylic oxidation sites excluding steroid dienone is 2. The van der Waals surface area contributed by atoms with Crippen molar-refractivity contribution in [3.63, 3.8) is 0 Å². The normalized spacial score (nSPS) is 12.0. The van der Waals surface area contributed by atoms with Crippen LogP contribution in [0.15, 0.2) is 48.0 Å². The van der Waals surface area contributed by atoms with Crippen LogP contribution in [0.5, 0.6) is 0 Å². The zero-order chi connectivity index (χ0) is 19.1. The molecular formula is C24H29FO. The Balaban J connectivity index is 2.24. The van der Waals surface area contributed by atoms with E-state index < -0.39 is 0 Å². The van der Waals surface area contributed by atoms with Gasteiger partial charge in [0, 0.05) is 5.56 Å². The molecule has 0 saturated carbocycles. The standard InChI is InChI=1S/C24H29FO/c1-5-7-17(2)23(9-6-8-20-11-14-22(25)15-12-20)24-16-21(19(4)26)13-10-18(24)3/h10-16H,5-9H2,1-4H3/b23-17+. The van der Waals surface area contributed by atoms with Crippen molar-refractivity contribution < 1.29 is 9.18 Å². The molecular weight excluding hydrogens is 323 g/mol. The Hall–Kier alpha value is -2.22. The number of hydrogen-bond donors (Lipinski definition) is 0. The van der Waals surface area contributed by atoms with Crippen LogP contribution in [0.3, 0.4) is 0 Å². The lowest BCUT2D eigenvalue weighted by atomic mass is 9.89. The molecule has 0 spiro atoms. The first kappa shape index (κ1) is 20.1. The quantitative estimate of drug-likeness (QED) is 0.471. The molecule has 0 aromatic heterocycles. The summed E-state index contributed by atoms with van der Waals surface area (Å²) in [6, 6.07) is 12.8. The van der Waals surface area contributed by atoms with Gasteiger partial charge in [-0.3, -0.25) is 4.79 Å². The number of carbonyl (C=O) groups is 1. The average Bonchev–Trinajstić information content (AvgIpc) is 2.61. The highest BCUT2D eigenvalue weighted by molar-refractivity contribution is 5.95. The third-order valence-corrected chi connectivity index (χ3v) is 4.91. The van der Waals surface area contributed by atoms with Crippen molar-refractivity contribution in [2.45, 2.75) is 59.8 Å². The minimum atomic E-state index is -0.190. The summed E-state index contributed by atoms with van der Waals surface area (Å²) in [5.41, 5.74) is 7.09. The molecule has 0 unspecified atom stereocenters. The molecule has 0 aliphatic heterocycles. The van der Waals surface area contributed by atoms with Gasteiger partial charge in [-0.15, -0.1) is 0 Å². The molecule has 1 nitrogen and oxygen atoms in total. The van der Waals surface area contributed by atoms with Gasteiger partial charge in [-0.05, 0) is 86.9 Å². The fourth-order valence-corrected chi connectivity index (χ4v) is 3.39. The van der Waals surface area contributed by atoms with Crippen molar-refractivity contribution in [1.82, 2.24) is 0 Å². The van der Waals surface area contributed by atoms with Crippen molar-refractivity contribution in [3.8, 4) is 0 Å². The van der Waals surface area contributed by atoms with Gasteiger partial charge in [0.1, 0.15) is 5.82 Å². The van der Waals surface area contributed by atoms with Gasteiger partial charge in [0.2, 0.25) is 0 Å². The van der Waals surface area contributed by atoms with Gasteiger partial charge < -0.3 is 0 Å². The van der Waals surface area contributed by atoms with Crippen LogP contribution in [-0.2, 0) is 6.42 Å². The first-order valence-electron chi connectivity index (χ1n) is 9.47. The first-order valence-corrected chi connectivity index (χ1v) is 9.47.